The number of likely N-dealkylation sites (tertiary alicyclic amines) is 1. The number of amides is 2. The van der Waals surface area contributed by atoms with E-state index in [9.17, 15) is 9.59 Å². The van der Waals surface area contributed by atoms with Gasteiger partial charge in [-0.15, -0.1) is 0 Å². The summed E-state index contributed by atoms with van der Waals surface area (Å²) in [7, 11) is 0. The third kappa shape index (κ3) is 4.36. The summed E-state index contributed by atoms with van der Waals surface area (Å²) in [6.07, 6.45) is 1.62. The Kier molecular flexibility index (Phi) is 5.07. The number of aliphatic carboxylic acids is 1. The summed E-state index contributed by atoms with van der Waals surface area (Å²) in [6.45, 7) is 3.19. The van der Waals surface area contributed by atoms with Crippen LogP contribution in [0.25, 0.3) is 0 Å². The highest BCUT2D eigenvalue weighted by Crippen LogP contribution is 2.25. The van der Waals surface area contributed by atoms with Crippen LogP contribution in [0.3, 0.4) is 0 Å². The van der Waals surface area contributed by atoms with Crippen LogP contribution in [0, 0.1) is 12.8 Å². The van der Waals surface area contributed by atoms with E-state index in [2.05, 4.69) is 5.32 Å². The van der Waals surface area contributed by atoms with Crippen LogP contribution in [-0.2, 0) is 4.79 Å². The number of carbonyl (C=O) groups is 2. The van der Waals surface area contributed by atoms with Crippen LogP contribution in [0.5, 0.6) is 0 Å². The Bertz CT molecular complexity index is 548. The highest BCUT2D eigenvalue weighted by atomic mass is 35.5. The molecule has 21 heavy (non-hydrogen) atoms. The number of rotatable bonds is 4. The number of carboxylic acids is 1. The van der Waals surface area contributed by atoms with Gasteiger partial charge >= 0.3 is 12.0 Å². The van der Waals surface area contributed by atoms with Crippen LogP contribution >= 0.6 is 11.6 Å². The van der Waals surface area contributed by atoms with Crippen molar-refractivity contribution in [2.75, 3.05) is 18.4 Å². The van der Waals surface area contributed by atoms with Crippen molar-refractivity contribution in [1.82, 2.24) is 4.90 Å². The number of anilines is 1. The number of hydrogen-bond donors (Lipinski definition) is 2. The molecule has 0 saturated carbocycles. The maximum Gasteiger partial charge on any atom is 0.321 e. The Labute approximate surface area is 128 Å². The molecule has 1 aromatic carbocycles. The summed E-state index contributed by atoms with van der Waals surface area (Å²) in [5, 5.41) is 12.0. The Morgan fingerprint density at radius 3 is 2.95 bits per heavy atom. The van der Waals surface area contributed by atoms with Crippen molar-refractivity contribution in [3.05, 3.63) is 28.8 Å². The van der Waals surface area contributed by atoms with Gasteiger partial charge in [-0.05, 0) is 43.4 Å². The molecule has 114 valence electrons. The molecule has 1 saturated heterocycles. The van der Waals surface area contributed by atoms with Crippen LogP contribution in [0.2, 0.25) is 5.02 Å². The van der Waals surface area contributed by atoms with Gasteiger partial charge in [0.1, 0.15) is 0 Å². The fourth-order valence-electron chi connectivity index (χ4n) is 2.51. The molecule has 1 aliphatic rings. The number of nitrogens with zero attached hydrogens (tertiary/aromatic N) is 1. The molecule has 2 amide bonds. The summed E-state index contributed by atoms with van der Waals surface area (Å²) in [4.78, 5) is 24.5. The van der Waals surface area contributed by atoms with Crippen LogP contribution < -0.4 is 5.32 Å². The van der Waals surface area contributed by atoms with Crippen molar-refractivity contribution in [1.29, 1.82) is 0 Å². The summed E-state index contributed by atoms with van der Waals surface area (Å²) < 4.78 is 0. The number of carbonyl (C=O) groups excluding carboxylic acids is 1. The average molecular weight is 311 g/mol. The summed E-state index contributed by atoms with van der Waals surface area (Å²) in [6, 6.07) is 5.29. The minimum atomic E-state index is -0.788. The van der Waals surface area contributed by atoms with Crippen molar-refractivity contribution in [3.63, 3.8) is 0 Å². The second kappa shape index (κ2) is 6.80. The fraction of sp³-hybridized carbons (Fsp3) is 0.467. The zero-order valence-corrected chi connectivity index (χ0v) is 12.7. The van der Waals surface area contributed by atoms with E-state index in [1.54, 1.807) is 11.0 Å². The van der Waals surface area contributed by atoms with Crippen LogP contribution in [-0.4, -0.2) is 35.1 Å². The smallest absolute Gasteiger partial charge is 0.321 e. The molecule has 0 aliphatic carbocycles. The minimum Gasteiger partial charge on any atom is -0.481 e. The van der Waals surface area contributed by atoms with Crippen molar-refractivity contribution in [2.24, 2.45) is 5.92 Å². The maximum absolute atomic E-state index is 12.2. The van der Waals surface area contributed by atoms with Gasteiger partial charge in [0.25, 0.3) is 0 Å². The first-order valence-corrected chi connectivity index (χ1v) is 7.37. The topological polar surface area (TPSA) is 69.6 Å². The number of benzene rings is 1. The van der Waals surface area contributed by atoms with E-state index < -0.39 is 5.97 Å². The Morgan fingerprint density at radius 1 is 1.48 bits per heavy atom. The molecule has 5 nitrogen and oxygen atoms in total. The first-order chi connectivity index (χ1) is 9.95. The van der Waals surface area contributed by atoms with E-state index in [0.29, 0.717) is 30.2 Å². The third-order valence-electron chi connectivity index (χ3n) is 3.70. The van der Waals surface area contributed by atoms with Gasteiger partial charge in [-0.3, -0.25) is 4.79 Å². The highest BCUT2D eigenvalue weighted by molar-refractivity contribution is 6.33. The third-order valence-corrected chi connectivity index (χ3v) is 4.03. The molecule has 1 heterocycles. The average Bonchev–Trinajstić information content (AvgIpc) is 2.89. The van der Waals surface area contributed by atoms with Crippen LogP contribution in [0.1, 0.15) is 24.8 Å². The number of urea groups is 1. The number of aryl methyl sites for hydroxylation is 1. The Morgan fingerprint density at radius 2 is 2.24 bits per heavy atom. The van der Waals surface area contributed by atoms with Gasteiger partial charge in [-0.1, -0.05) is 17.7 Å². The zero-order valence-electron chi connectivity index (χ0n) is 11.9. The predicted octanol–water partition coefficient (Wildman–Crippen LogP) is 3.37. The second-order valence-corrected chi connectivity index (χ2v) is 5.85. The summed E-state index contributed by atoms with van der Waals surface area (Å²) in [5.41, 5.74) is 1.63. The number of hydrogen-bond acceptors (Lipinski definition) is 2. The fourth-order valence-corrected chi connectivity index (χ4v) is 2.67. The molecule has 1 fully saturated rings. The number of carboxylic acid groups (broad SMARTS) is 1. The first-order valence-electron chi connectivity index (χ1n) is 6.99. The molecule has 6 heteroatoms. The lowest BCUT2D eigenvalue weighted by Gasteiger charge is -2.18. The zero-order chi connectivity index (χ0) is 15.4. The quantitative estimate of drug-likeness (QED) is 0.896. The predicted molar refractivity (Wildman–Crippen MR) is 81.8 cm³/mol. The molecule has 2 rings (SSSR count). The van der Waals surface area contributed by atoms with Gasteiger partial charge in [0.2, 0.25) is 0 Å². The molecular weight excluding hydrogens is 292 g/mol. The van der Waals surface area contributed by atoms with Gasteiger partial charge in [-0.25, -0.2) is 4.79 Å². The van der Waals surface area contributed by atoms with E-state index in [4.69, 9.17) is 16.7 Å². The Balaban J connectivity index is 1.90. The van der Waals surface area contributed by atoms with Crippen molar-refractivity contribution in [2.45, 2.75) is 26.2 Å². The second-order valence-electron chi connectivity index (χ2n) is 5.45. The molecular formula is C15H19ClN2O3. The molecule has 1 aliphatic heterocycles. The minimum absolute atomic E-state index is 0.157. The molecule has 0 radical (unpaired) electrons. The van der Waals surface area contributed by atoms with Crippen LogP contribution in [0.15, 0.2) is 18.2 Å². The molecule has 1 aromatic rings. The lowest BCUT2D eigenvalue weighted by Crippen LogP contribution is -2.33. The van der Waals surface area contributed by atoms with Gasteiger partial charge < -0.3 is 15.3 Å². The lowest BCUT2D eigenvalue weighted by molar-refractivity contribution is -0.137. The van der Waals surface area contributed by atoms with Gasteiger partial charge in [0.05, 0.1) is 10.7 Å². The van der Waals surface area contributed by atoms with Crippen LogP contribution in [0.4, 0.5) is 10.5 Å². The van der Waals surface area contributed by atoms with Gasteiger partial charge in [0.15, 0.2) is 0 Å². The lowest BCUT2D eigenvalue weighted by atomic mass is 10.0. The van der Waals surface area contributed by atoms with E-state index in [1.165, 1.54) is 0 Å². The maximum atomic E-state index is 12.2. The van der Waals surface area contributed by atoms with E-state index >= 15 is 0 Å². The summed E-state index contributed by atoms with van der Waals surface area (Å²) in [5.74, 6) is -0.524. The SMILES string of the molecule is Cc1ccc(Cl)c(NC(=O)N2CCC(CCC(=O)O)C2)c1. The number of halogens is 1. The van der Waals surface area contributed by atoms with Gasteiger partial charge in [0, 0.05) is 19.5 Å². The van der Waals surface area contributed by atoms with Crippen molar-refractivity contribution >= 4 is 29.3 Å². The summed E-state index contributed by atoms with van der Waals surface area (Å²) >= 11 is 6.06. The molecule has 1 atom stereocenters. The molecule has 0 spiro atoms. The van der Waals surface area contributed by atoms with Crippen molar-refractivity contribution in [3.8, 4) is 0 Å². The normalized spacial score (nSPS) is 17.8. The highest BCUT2D eigenvalue weighted by Gasteiger charge is 2.26. The standard InChI is InChI=1S/C15H19ClN2O3/c1-10-2-4-12(16)13(8-10)17-15(21)18-7-6-11(9-18)3-5-14(19)20/h2,4,8,11H,3,5-7,9H2,1H3,(H,17,21)(H,19,20). The molecule has 2 N–H and O–H groups in total. The first kappa shape index (κ1) is 15.6. The van der Waals surface area contributed by atoms with E-state index in [0.717, 1.165) is 12.0 Å². The van der Waals surface area contributed by atoms with Crippen molar-refractivity contribution < 1.29 is 14.7 Å². The van der Waals surface area contributed by atoms with E-state index in [1.807, 2.05) is 19.1 Å². The number of nitrogens with one attached hydrogen (secondary N) is 1. The molecule has 0 aromatic heterocycles. The van der Waals surface area contributed by atoms with Gasteiger partial charge in [-0.2, -0.15) is 0 Å². The largest absolute Gasteiger partial charge is 0.481 e. The molecule has 0 bridgehead atoms. The Hall–Kier alpha value is -1.75. The monoisotopic (exact) mass is 310 g/mol. The van der Waals surface area contributed by atoms with E-state index in [-0.39, 0.29) is 18.4 Å². The molecule has 1 unspecified atom stereocenters.